The van der Waals surface area contributed by atoms with Crippen molar-refractivity contribution in [1.29, 1.82) is 0 Å². The Kier molecular flexibility index (Phi) is 6.57. The fraction of sp³-hybridized carbons (Fsp3) is 0.520. The first-order valence-electron chi connectivity index (χ1n) is 11.3. The van der Waals surface area contributed by atoms with Crippen molar-refractivity contribution in [2.45, 2.75) is 70.0 Å². The molecule has 10 heteroatoms. The van der Waals surface area contributed by atoms with Crippen LogP contribution in [0.5, 0.6) is 5.75 Å². The minimum Gasteiger partial charge on any atom is -0.429 e. The summed E-state index contributed by atoms with van der Waals surface area (Å²) in [5, 5.41) is 0. The summed E-state index contributed by atoms with van der Waals surface area (Å²) in [6.45, 7) is 2.83. The zero-order valence-corrected chi connectivity index (χ0v) is 19.0. The maximum absolute atomic E-state index is 15.2. The van der Waals surface area contributed by atoms with Crippen LogP contribution in [0.25, 0.3) is 0 Å². The van der Waals surface area contributed by atoms with Crippen LogP contribution in [0.15, 0.2) is 30.3 Å². The van der Waals surface area contributed by atoms with Gasteiger partial charge in [0.1, 0.15) is 11.9 Å². The molecular weight excluding hydrogens is 484 g/mol. The zero-order valence-electron chi connectivity index (χ0n) is 19.0. The van der Waals surface area contributed by atoms with E-state index < -0.39 is 58.1 Å². The van der Waals surface area contributed by atoms with E-state index in [-0.39, 0.29) is 12.5 Å². The first-order valence-corrected chi connectivity index (χ1v) is 11.3. The normalized spacial score (nSPS) is 23.3. The first-order chi connectivity index (χ1) is 16.2. The quantitative estimate of drug-likeness (QED) is 0.298. The third-order valence-electron chi connectivity index (χ3n) is 6.71. The Morgan fingerprint density at radius 2 is 1.34 bits per heavy atom. The Morgan fingerprint density at radius 1 is 0.800 bits per heavy atom. The summed E-state index contributed by atoms with van der Waals surface area (Å²) in [7, 11) is 0. The lowest BCUT2D eigenvalue weighted by atomic mass is 9.79. The lowest BCUT2D eigenvalue weighted by Crippen LogP contribution is -2.31. The highest BCUT2D eigenvalue weighted by Crippen LogP contribution is 2.52. The predicted octanol–water partition coefficient (Wildman–Crippen LogP) is 8.53. The predicted molar refractivity (Wildman–Crippen MR) is 111 cm³/mol. The second kappa shape index (κ2) is 8.94. The third-order valence-corrected chi connectivity index (χ3v) is 6.71. The molecule has 2 aromatic carbocycles. The lowest BCUT2D eigenvalue weighted by Gasteiger charge is -2.28. The summed E-state index contributed by atoms with van der Waals surface area (Å²) in [5.41, 5.74) is -7.06. The highest BCUT2D eigenvalue weighted by atomic mass is 19.4. The molecule has 1 aliphatic heterocycles. The van der Waals surface area contributed by atoms with Gasteiger partial charge in [-0.2, -0.15) is 35.1 Å². The van der Waals surface area contributed by atoms with Crippen molar-refractivity contribution in [2.24, 2.45) is 5.92 Å². The van der Waals surface area contributed by atoms with Gasteiger partial charge in [0.2, 0.25) is 0 Å². The highest BCUT2D eigenvalue weighted by molar-refractivity contribution is 5.52. The summed E-state index contributed by atoms with van der Waals surface area (Å²) in [6.07, 6.45) is -13.2. The molecule has 2 nitrogen and oxygen atoms in total. The minimum absolute atomic E-state index is 0.224. The van der Waals surface area contributed by atoms with Crippen molar-refractivity contribution in [3.8, 4) is 5.75 Å². The first kappa shape index (κ1) is 25.7. The SMILES string of the molecule is Cc1cc(C2CO2)c(C(F)(F)F)c(C(F)(F)F)c1C(F)(F)Oc1ccc(C2CCC(C)CC2)cc1. The van der Waals surface area contributed by atoms with Crippen LogP contribution in [0.3, 0.4) is 0 Å². The van der Waals surface area contributed by atoms with Crippen LogP contribution >= 0.6 is 0 Å². The molecule has 0 amide bonds. The molecule has 1 saturated heterocycles. The largest absolute Gasteiger partial charge is 0.429 e. The molecular formula is C25H24F8O2. The standard InChI is InChI=1S/C25H24F8O2/c1-13-3-5-15(6-4-13)16-7-9-17(10-8-16)35-25(32,33)20-14(2)11-18(19-12-34-19)21(23(26,27)28)22(20)24(29,30)31/h7-11,13,15,19H,3-6,12H2,1-2H3. The molecule has 1 aliphatic carbocycles. The van der Waals surface area contributed by atoms with E-state index in [1.807, 2.05) is 0 Å². The number of epoxide rings is 1. The van der Waals surface area contributed by atoms with Crippen LogP contribution in [0, 0.1) is 12.8 Å². The molecule has 1 unspecified atom stereocenters. The molecule has 4 rings (SSSR count). The third kappa shape index (κ3) is 5.42. The van der Waals surface area contributed by atoms with E-state index in [1.54, 1.807) is 12.1 Å². The zero-order chi connectivity index (χ0) is 25.8. The highest BCUT2D eigenvalue weighted by Gasteiger charge is 2.54. The number of hydrogen-bond acceptors (Lipinski definition) is 2. The van der Waals surface area contributed by atoms with Crippen molar-refractivity contribution in [3.05, 3.63) is 63.7 Å². The fourth-order valence-corrected chi connectivity index (χ4v) is 4.89. The van der Waals surface area contributed by atoms with Crippen molar-refractivity contribution in [3.63, 3.8) is 0 Å². The van der Waals surface area contributed by atoms with Crippen LogP contribution in [0.4, 0.5) is 35.1 Å². The lowest BCUT2D eigenvalue weighted by molar-refractivity contribution is -0.198. The monoisotopic (exact) mass is 508 g/mol. The number of rotatable bonds is 5. The van der Waals surface area contributed by atoms with Gasteiger partial charge in [0, 0.05) is 0 Å². The van der Waals surface area contributed by atoms with Crippen LogP contribution in [-0.2, 0) is 23.2 Å². The van der Waals surface area contributed by atoms with Gasteiger partial charge in [-0.05, 0) is 60.4 Å². The van der Waals surface area contributed by atoms with Gasteiger partial charge in [0.05, 0.1) is 23.3 Å². The van der Waals surface area contributed by atoms with Gasteiger partial charge >= 0.3 is 18.5 Å². The van der Waals surface area contributed by atoms with E-state index in [2.05, 4.69) is 11.7 Å². The summed E-state index contributed by atoms with van der Waals surface area (Å²) in [5.74, 6) is 0.406. The number of alkyl halides is 8. The summed E-state index contributed by atoms with van der Waals surface area (Å²) in [4.78, 5) is 0. The molecule has 2 aliphatic rings. The summed E-state index contributed by atoms with van der Waals surface area (Å²) in [6, 6.07) is 6.23. The number of aryl methyl sites for hydroxylation is 1. The van der Waals surface area contributed by atoms with Gasteiger partial charge in [-0.1, -0.05) is 38.0 Å². The molecule has 0 N–H and O–H groups in total. The van der Waals surface area contributed by atoms with Gasteiger partial charge in [0.25, 0.3) is 0 Å². The van der Waals surface area contributed by atoms with E-state index in [4.69, 9.17) is 4.74 Å². The van der Waals surface area contributed by atoms with E-state index in [0.717, 1.165) is 38.2 Å². The molecule has 0 bridgehead atoms. The number of benzene rings is 2. The van der Waals surface area contributed by atoms with Crippen molar-refractivity contribution in [2.75, 3.05) is 6.61 Å². The molecule has 192 valence electrons. The van der Waals surface area contributed by atoms with Crippen LogP contribution in [0.1, 0.15) is 78.0 Å². The van der Waals surface area contributed by atoms with Crippen molar-refractivity contribution >= 4 is 0 Å². The van der Waals surface area contributed by atoms with Gasteiger partial charge in [-0.15, -0.1) is 0 Å². The van der Waals surface area contributed by atoms with E-state index in [1.165, 1.54) is 12.1 Å². The Bertz CT molecular complexity index is 1060. The molecule has 0 aromatic heterocycles. The Balaban J connectivity index is 1.72. The maximum Gasteiger partial charge on any atom is 0.427 e. The minimum atomic E-state index is -5.72. The van der Waals surface area contributed by atoms with Gasteiger partial charge in [-0.3, -0.25) is 0 Å². The Morgan fingerprint density at radius 3 is 1.83 bits per heavy atom. The molecule has 2 aromatic rings. The van der Waals surface area contributed by atoms with E-state index in [9.17, 15) is 26.3 Å². The topological polar surface area (TPSA) is 21.8 Å². The number of hydrogen-bond donors (Lipinski definition) is 0. The van der Waals surface area contributed by atoms with E-state index in [0.29, 0.717) is 12.0 Å². The second-order valence-electron chi connectivity index (χ2n) is 9.37. The average molecular weight is 508 g/mol. The smallest absolute Gasteiger partial charge is 0.427 e. The number of halogens is 8. The average Bonchev–Trinajstić information content (AvgIpc) is 3.57. The molecule has 35 heavy (non-hydrogen) atoms. The second-order valence-corrected chi connectivity index (χ2v) is 9.37. The van der Waals surface area contributed by atoms with Crippen LogP contribution in [0.2, 0.25) is 0 Å². The maximum atomic E-state index is 15.2. The molecule has 1 saturated carbocycles. The van der Waals surface area contributed by atoms with E-state index >= 15 is 8.78 Å². The Hall–Kier alpha value is -2.36. The van der Waals surface area contributed by atoms with Crippen molar-refractivity contribution in [1.82, 2.24) is 0 Å². The molecule has 0 spiro atoms. The molecule has 1 heterocycles. The number of ether oxygens (including phenoxy) is 2. The van der Waals surface area contributed by atoms with Crippen molar-refractivity contribution < 1.29 is 44.6 Å². The van der Waals surface area contributed by atoms with Gasteiger partial charge < -0.3 is 9.47 Å². The summed E-state index contributed by atoms with van der Waals surface area (Å²) >= 11 is 0. The molecule has 1 atom stereocenters. The van der Waals surface area contributed by atoms with Gasteiger partial charge in [0.15, 0.2) is 0 Å². The Labute approximate surface area is 197 Å². The molecule has 0 radical (unpaired) electrons. The van der Waals surface area contributed by atoms with Gasteiger partial charge in [-0.25, -0.2) is 0 Å². The van der Waals surface area contributed by atoms with Crippen LogP contribution in [-0.4, -0.2) is 6.61 Å². The van der Waals surface area contributed by atoms with Crippen LogP contribution < -0.4 is 4.74 Å². The molecule has 2 fully saturated rings. The fourth-order valence-electron chi connectivity index (χ4n) is 4.89. The summed E-state index contributed by atoms with van der Waals surface area (Å²) < 4.78 is 123.